The molecule has 1 unspecified atom stereocenters. The van der Waals surface area contributed by atoms with Crippen LogP contribution in [0.25, 0.3) is 0 Å². The number of nitrogens with two attached hydrogens (primary N) is 1. The maximum Gasteiger partial charge on any atom is 0.251 e. The van der Waals surface area contributed by atoms with E-state index in [0.29, 0.717) is 11.3 Å². The van der Waals surface area contributed by atoms with Gasteiger partial charge in [-0.1, -0.05) is 32.9 Å². The zero-order valence-electron chi connectivity index (χ0n) is 13.6. The fourth-order valence-electron chi connectivity index (χ4n) is 2.40. The third kappa shape index (κ3) is 4.36. The van der Waals surface area contributed by atoms with E-state index < -0.39 is 0 Å². The number of halogens is 1. The molecule has 0 saturated heterocycles. The molecule has 1 aromatic carbocycles. The molecule has 3 N–H and O–H groups in total. The summed E-state index contributed by atoms with van der Waals surface area (Å²) in [6.45, 7) is 6.36. The summed E-state index contributed by atoms with van der Waals surface area (Å²) in [6, 6.07) is 9.29. The van der Waals surface area contributed by atoms with Crippen molar-refractivity contribution in [3.8, 4) is 0 Å². The summed E-state index contributed by atoms with van der Waals surface area (Å²) in [6.07, 6.45) is 1.57. The lowest BCUT2D eigenvalue weighted by Gasteiger charge is -2.32. The first-order chi connectivity index (χ1) is 10.8. The van der Waals surface area contributed by atoms with Gasteiger partial charge in [-0.2, -0.15) is 0 Å². The van der Waals surface area contributed by atoms with Crippen LogP contribution in [0.15, 0.2) is 42.6 Å². The maximum atomic E-state index is 13.2. The Balaban J connectivity index is 2.27. The van der Waals surface area contributed by atoms with Gasteiger partial charge in [0, 0.05) is 18.3 Å². The Morgan fingerprint density at radius 1 is 1.26 bits per heavy atom. The molecule has 1 atom stereocenters. The number of carbonyl (C=O) groups is 1. The first-order valence-corrected chi connectivity index (χ1v) is 7.52. The van der Waals surface area contributed by atoms with Crippen molar-refractivity contribution in [3.05, 3.63) is 65.2 Å². The molecule has 1 heterocycles. The Labute approximate surface area is 135 Å². The van der Waals surface area contributed by atoms with Crippen LogP contribution in [-0.2, 0) is 6.54 Å². The number of hydrogen-bond donors (Lipinski definition) is 2. The van der Waals surface area contributed by atoms with Crippen molar-refractivity contribution in [3.63, 3.8) is 0 Å². The summed E-state index contributed by atoms with van der Waals surface area (Å²) in [5.74, 6) is -0.499. The Bertz CT molecular complexity index is 677. The van der Waals surface area contributed by atoms with E-state index in [9.17, 15) is 9.18 Å². The highest BCUT2D eigenvalue weighted by Gasteiger charge is 2.28. The summed E-state index contributed by atoms with van der Waals surface area (Å²) >= 11 is 0. The van der Waals surface area contributed by atoms with Gasteiger partial charge in [-0.3, -0.25) is 9.78 Å². The topological polar surface area (TPSA) is 68.0 Å². The normalized spacial score (nSPS) is 12.7. The summed E-state index contributed by atoms with van der Waals surface area (Å²) in [7, 11) is 0. The third-order valence-electron chi connectivity index (χ3n) is 3.63. The fraction of sp³-hybridized carbons (Fsp3) is 0.333. The van der Waals surface area contributed by atoms with Crippen molar-refractivity contribution >= 4 is 5.91 Å². The first kappa shape index (κ1) is 17.1. The van der Waals surface area contributed by atoms with Gasteiger partial charge in [-0.05, 0) is 35.2 Å². The van der Waals surface area contributed by atoms with E-state index in [0.717, 1.165) is 5.56 Å². The highest BCUT2D eigenvalue weighted by atomic mass is 19.1. The average molecular weight is 315 g/mol. The number of nitrogens with one attached hydrogen (secondary N) is 1. The SMILES string of the molecule is CC(C)(C)C(NC(=O)c1ccnc(CN)c1)c1ccc(F)cc1. The van der Waals surface area contributed by atoms with Crippen molar-refractivity contribution in [1.82, 2.24) is 10.3 Å². The van der Waals surface area contributed by atoms with Crippen molar-refractivity contribution in [2.24, 2.45) is 11.1 Å². The predicted octanol–water partition coefficient (Wildman–Crippen LogP) is 3.20. The highest BCUT2D eigenvalue weighted by Crippen LogP contribution is 2.33. The van der Waals surface area contributed by atoms with E-state index in [-0.39, 0.29) is 29.7 Å². The van der Waals surface area contributed by atoms with Crippen LogP contribution in [0.3, 0.4) is 0 Å². The molecule has 5 heteroatoms. The molecule has 0 aliphatic rings. The number of hydrogen-bond acceptors (Lipinski definition) is 3. The molecule has 0 bridgehead atoms. The predicted molar refractivity (Wildman–Crippen MR) is 88.2 cm³/mol. The molecule has 2 rings (SSSR count). The van der Waals surface area contributed by atoms with Crippen LogP contribution in [0.4, 0.5) is 4.39 Å². The monoisotopic (exact) mass is 315 g/mol. The molecule has 122 valence electrons. The van der Waals surface area contributed by atoms with Crippen molar-refractivity contribution in [1.29, 1.82) is 0 Å². The number of amides is 1. The van der Waals surface area contributed by atoms with Crippen LogP contribution in [0, 0.1) is 11.2 Å². The molecule has 0 aliphatic heterocycles. The van der Waals surface area contributed by atoms with E-state index in [2.05, 4.69) is 10.3 Å². The number of benzene rings is 1. The van der Waals surface area contributed by atoms with E-state index in [1.165, 1.54) is 12.1 Å². The minimum Gasteiger partial charge on any atom is -0.345 e. The summed E-state index contributed by atoms with van der Waals surface area (Å²) < 4.78 is 13.2. The molecule has 4 nitrogen and oxygen atoms in total. The summed E-state index contributed by atoms with van der Waals surface area (Å²) in [4.78, 5) is 16.6. The molecule has 23 heavy (non-hydrogen) atoms. The minimum atomic E-state index is -0.297. The van der Waals surface area contributed by atoms with E-state index in [1.807, 2.05) is 20.8 Å². The molecule has 1 amide bonds. The molecule has 0 spiro atoms. The minimum absolute atomic E-state index is 0.202. The van der Waals surface area contributed by atoms with E-state index >= 15 is 0 Å². The number of rotatable bonds is 4. The van der Waals surface area contributed by atoms with Crippen LogP contribution in [0.5, 0.6) is 0 Å². The van der Waals surface area contributed by atoms with Crippen LogP contribution in [0.2, 0.25) is 0 Å². The van der Waals surface area contributed by atoms with Gasteiger partial charge in [-0.15, -0.1) is 0 Å². The van der Waals surface area contributed by atoms with Gasteiger partial charge in [0.15, 0.2) is 0 Å². The third-order valence-corrected chi connectivity index (χ3v) is 3.63. The Kier molecular flexibility index (Phi) is 5.11. The maximum absolute atomic E-state index is 13.2. The second-order valence-corrected chi connectivity index (χ2v) is 6.56. The van der Waals surface area contributed by atoms with Gasteiger partial charge in [-0.25, -0.2) is 4.39 Å². The molecule has 0 saturated carbocycles. The Hall–Kier alpha value is -2.27. The number of aromatic nitrogens is 1. The van der Waals surface area contributed by atoms with Gasteiger partial charge in [0.25, 0.3) is 5.91 Å². The molecule has 2 aromatic rings. The second-order valence-electron chi connectivity index (χ2n) is 6.56. The number of carbonyl (C=O) groups excluding carboxylic acids is 1. The van der Waals surface area contributed by atoms with Gasteiger partial charge in [0.1, 0.15) is 5.82 Å². The Morgan fingerprint density at radius 3 is 2.48 bits per heavy atom. The van der Waals surface area contributed by atoms with Gasteiger partial charge in [0.2, 0.25) is 0 Å². The fourth-order valence-corrected chi connectivity index (χ4v) is 2.40. The first-order valence-electron chi connectivity index (χ1n) is 7.52. The zero-order valence-corrected chi connectivity index (χ0v) is 13.6. The molecule has 0 aliphatic carbocycles. The number of nitrogens with zero attached hydrogens (tertiary/aromatic N) is 1. The average Bonchev–Trinajstić information content (AvgIpc) is 2.52. The lowest BCUT2D eigenvalue weighted by atomic mass is 9.82. The van der Waals surface area contributed by atoms with Crippen LogP contribution in [-0.4, -0.2) is 10.9 Å². The summed E-state index contributed by atoms with van der Waals surface area (Å²) in [5.41, 5.74) is 7.37. The summed E-state index contributed by atoms with van der Waals surface area (Å²) in [5, 5.41) is 3.03. The van der Waals surface area contributed by atoms with Crippen molar-refractivity contribution < 1.29 is 9.18 Å². The second kappa shape index (κ2) is 6.87. The molecular weight excluding hydrogens is 293 g/mol. The Morgan fingerprint density at radius 2 is 1.91 bits per heavy atom. The molecule has 0 fully saturated rings. The lowest BCUT2D eigenvalue weighted by Crippen LogP contribution is -2.36. The van der Waals surface area contributed by atoms with E-state index in [4.69, 9.17) is 5.73 Å². The lowest BCUT2D eigenvalue weighted by molar-refractivity contribution is 0.0901. The van der Waals surface area contributed by atoms with Gasteiger partial charge in [0.05, 0.1) is 11.7 Å². The standard InChI is InChI=1S/C18H22FN3O/c1-18(2,3)16(12-4-6-14(19)7-5-12)22-17(23)13-8-9-21-15(10-13)11-20/h4-10,16H,11,20H2,1-3H3,(H,22,23). The molecule has 0 radical (unpaired) electrons. The van der Waals surface area contributed by atoms with Crippen LogP contribution >= 0.6 is 0 Å². The number of pyridine rings is 1. The zero-order chi connectivity index (χ0) is 17.0. The van der Waals surface area contributed by atoms with E-state index in [1.54, 1.807) is 30.5 Å². The van der Waals surface area contributed by atoms with Crippen LogP contribution in [0.1, 0.15) is 48.4 Å². The molecular formula is C18H22FN3O. The highest BCUT2D eigenvalue weighted by molar-refractivity contribution is 5.94. The largest absolute Gasteiger partial charge is 0.345 e. The molecule has 1 aromatic heterocycles. The van der Waals surface area contributed by atoms with Gasteiger partial charge >= 0.3 is 0 Å². The van der Waals surface area contributed by atoms with Crippen LogP contribution < -0.4 is 11.1 Å². The quantitative estimate of drug-likeness (QED) is 0.910. The van der Waals surface area contributed by atoms with Crippen molar-refractivity contribution in [2.45, 2.75) is 33.4 Å². The van der Waals surface area contributed by atoms with Crippen molar-refractivity contribution in [2.75, 3.05) is 0 Å². The smallest absolute Gasteiger partial charge is 0.251 e. The van der Waals surface area contributed by atoms with Gasteiger partial charge < -0.3 is 11.1 Å².